The third-order valence-corrected chi connectivity index (χ3v) is 4.34. The number of carbonyl (C=O) groups is 1. The van der Waals surface area contributed by atoms with Crippen LogP contribution in [0.3, 0.4) is 0 Å². The quantitative estimate of drug-likeness (QED) is 0.742. The van der Waals surface area contributed by atoms with Gasteiger partial charge in [-0.25, -0.2) is 4.98 Å². The zero-order chi connectivity index (χ0) is 12.3. The van der Waals surface area contributed by atoms with E-state index in [9.17, 15) is 4.79 Å². The maximum absolute atomic E-state index is 11.5. The van der Waals surface area contributed by atoms with Gasteiger partial charge in [0.15, 0.2) is 0 Å². The number of carbonyl (C=O) groups excluding carboxylic acids is 1. The Bertz CT molecular complexity index is 382. The Morgan fingerprint density at radius 3 is 2.62 bits per heavy atom. The molecule has 0 saturated heterocycles. The minimum atomic E-state index is -0.397. The average molecular weight is 315 g/mol. The largest absolute Gasteiger partial charge is 0.450 e. The Kier molecular flexibility index (Phi) is 6.17. The van der Waals surface area contributed by atoms with Gasteiger partial charge in [0, 0.05) is 6.42 Å². The van der Waals surface area contributed by atoms with E-state index in [0.29, 0.717) is 6.42 Å². The fourth-order valence-electron chi connectivity index (χ4n) is 1.14. The molecule has 0 N–H and O–H groups in total. The van der Waals surface area contributed by atoms with Gasteiger partial charge in [0.1, 0.15) is 6.04 Å². The third kappa shape index (κ3) is 3.64. The molecule has 10 heteroatoms. The summed E-state index contributed by atoms with van der Waals surface area (Å²) in [5, 5.41) is 0. The van der Waals surface area contributed by atoms with Gasteiger partial charge in [-0.3, -0.25) is 9.24 Å². The van der Waals surface area contributed by atoms with Crippen molar-refractivity contribution in [2.45, 2.75) is 12.5 Å². The summed E-state index contributed by atoms with van der Waals surface area (Å²) >= 11 is 0. The van der Waals surface area contributed by atoms with Crippen LogP contribution in [0.4, 0.5) is 0 Å². The molecule has 0 spiro atoms. The van der Waals surface area contributed by atoms with Crippen LogP contribution in [0.25, 0.3) is 0 Å². The fraction of sp³-hybridized carbons (Fsp3) is 0.333. The van der Waals surface area contributed by atoms with Crippen molar-refractivity contribution < 1.29 is 9.32 Å². The van der Waals surface area contributed by atoms with Crippen LogP contribution in [0.1, 0.15) is 5.69 Å². The van der Waals surface area contributed by atoms with Crippen molar-refractivity contribution in [3.8, 4) is 0 Å². The summed E-state index contributed by atoms with van der Waals surface area (Å²) in [5.41, 5.74) is 1.78. The zero-order valence-corrected chi connectivity index (χ0v) is 14.2. The Hall–Kier alpha value is 0.790. The van der Waals surface area contributed by atoms with E-state index in [1.165, 1.54) is 0 Å². The van der Waals surface area contributed by atoms with Gasteiger partial charge < -0.3 is 8.86 Å². The number of aromatic nitrogens is 2. The van der Waals surface area contributed by atoms with Gasteiger partial charge in [-0.15, -0.1) is 0 Å². The molecule has 0 aliphatic carbocycles. The molecule has 90 valence electrons. The summed E-state index contributed by atoms with van der Waals surface area (Å²) in [6.45, 7) is 0. The van der Waals surface area contributed by atoms with Crippen molar-refractivity contribution in [2.75, 3.05) is 0 Å². The van der Waals surface area contributed by atoms with Gasteiger partial charge in [-0.2, -0.15) is 0 Å². The fourth-order valence-corrected chi connectivity index (χ4v) is 2.22. The van der Waals surface area contributed by atoms with Gasteiger partial charge in [-0.05, 0) is 9.39 Å². The second-order valence-electron chi connectivity index (χ2n) is 3.09. The van der Waals surface area contributed by atoms with Gasteiger partial charge in [0.2, 0.25) is 0 Å². The highest BCUT2D eigenvalue weighted by Gasteiger charge is 2.24. The molecule has 0 amide bonds. The van der Waals surface area contributed by atoms with E-state index < -0.39 is 6.04 Å². The van der Waals surface area contributed by atoms with E-state index in [-0.39, 0.29) is 5.97 Å². The molecule has 1 heterocycles. The molecule has 0 bridgehead atoms. The van der Waals surface area contributed by atoms with Crippen molar-refractivity contribution >= 4 is 58.3 Å². The van der Waals surface area contributed by atoms with Crippen molar-refractivity contribution in [3.05, 3.63) is 12.0 Å². The van der Waals surface area contributed by atoms with Gasteiger partial charge >= 0.3 is 5.97 Å². The Balaban J connectivity index is 2.84. The molecule has 6 atom stereocenters. The molecule has 1 rings (SSSR count). The highest BCUT2D eigenvalue weighted by Crippen LogP contribution is 2.19. The van der Waals surface area contributed by atoms with Crippen molar-refractivity contribution in [2.24, 2.45) is 0 Å². The number of nitrogens with zero attached hydrogens (tertiary/aromatic N) is 3. The molecule has 0 aliphatic heterocycles. The molecule has 0 saturated carbocycles. The lowest BCUT2D eigenvalue weighted by molar-refractivity contribution is -0.136. The standard InChI is InChI=1S/C6H14N3O2P5/c10-6(11-16)4(9(14)15)1-3-5(12)8(13)2-7-3/h2,4H,1,12-16H2. The van der Waals surface area contributed by atoms with Crippen LogP contribution < -0.4 is 5.44 Å². The summed E-state index contributed by atoms with van der Waals surface area (Å²) < 4.78 is 8.11. The first-order valence-electron chi connectivity index (χ1n) is 4.23. The summed E-state index contributed by atoms with van der Waals surface area (Å²) in [7, 11) is 11.9. The van der Waals surface area contributed by atoms with E-state index in [0.717, 1.165) is 11.1 Å². The summed E-state index contributed by atoms with van der Waals surface area (Å²) in [6, 6.07) is -0.397. The second-order valence-corrected chi connectivity index (χ2v) is 6.22. The number of rotatable bonds is 4. The van der Waals surface area contributed by atoms with Gasteiger partial charge in [0.05, 0.1) is 26.9 Å². The van der Waals surface area contributed by atoms with Crippen molar-refractivity contribution in [1.29, 1.82) is 0 Å². The first kappa shape index (κ1) is 14.8. The van der Waals surface area contributed by atoms with Gasteiger partial charge in [0.25, 0.3) is 0 Å². The molecule has 6 unspecified atom stereocenters. The van der Waals surface area contributed by atoms with Crippen molar-refractivity contribution in [1.82, 2.24) is 13.8 Å². The molecule has 0 aliphatic rings. The summed E-state index contributed by atoms with van der Waals surface area (Å²) in [4.78, 5) is 15.7. The van der Waals surface area contributed by atoms with Crippen LogP contribution in [0.15, 0.2) is 6.33 Å². The number of hydrogen-bond donors (Lipinski definition) is 0. The molecule has 0 radical (unpaired) electrons. The SMILES string of the molecule is O=C(OP)C(Cc1ncn(P)c1P)N(P)P. The lowest BCUT2D eigenvalue weighted by Crippen LogP contribution is -2.32. The minimum absolute atomic E-state index is 0.322. The second kappa shape index (κ2) is 6.65. The molecular weight excluding hydrogens is 301 g/mol. The van der Waals surface area contributed by atoms with Crippen LogP contribution in [-0.4, -0.2) is 25.8 Å². The third-order valence-electron chi connectivity index (χ3n) is 2.05. The molecule has 0 aromatic carbocycles. The van der Waals surface area contributed by atoms with Crippen LogP contribution in [0, 0.1) is 0 Å². The molecule has 16 heavy (non-hydrogen) atoms. The Morgan fingerprint density at radius 1 is 1.62 bits per heavy atom. The van der Waals surface area contributed by atoms with E-state index in [4.69, 9.17) is 0 Å². The predicted molar refractivity (Wildman–Crippen MR) is 81.2 cm³/mol. The molecule has 0 fully saturated rings. The van der Waals surface area contributed by atoms with E-state index >= 15 is 0 Å². The smallest absolute Gasteiger partial charge is 0.326 e. The van der Waals surface area contributed by atoms with Gasteiger partial charge in [-0.1, -0.05) is 28.0 Å². The average Bonchev–Trinajstić information content (AvgIpc) is 2.55. The normalized spacial score (nSPS) is 12.9. The first-order valence-corrected chi connectivity index (χ1v) is 6.83. The Labute approximate surface area is 106 Å². The summed E-state index contributed by atoms with van der Waals surface area (Å²) in [5.74, 6) is -0.322. The number of hydrogen-bond acceptors (Lipinski definition) is 4. The maximum Gasteiger partial charge on any atom is 0.326 e. The van der Waals surface area contributed by atoms with E-state index in [1.54, 1.807) is 15.1 Å². The first-order chi connectivity index (χ1) is 7.47. The highest BCUT2D eigenvalue weighted by atomic mass is 31.1. The lowest BCUT2D eigenvalue weighted by Gasteiger charge is -2.20. The number of imidazole rings is 1. The van der Waals surface area contributed by atoms with E-state index in [1.807, 2.05) is 9.47 Å². The predicted octanol–water partition coefficient (Wildman–Crippen LogP) is 0.148. The van der Waals surface area contributed by atoms with Crippen molar-refractivity contribution in [3.63, 3.8) is 0 Å². The molecule has 5 nitrogen and oxygen atoms in total. The summed E-state index contributed by atoms with van der Waals surface area (Å²) in [6.07, 6.45) is 2.17. The maximum atomic E-state index is 11.5. The molecular formula is C6H14N3O2P5. The van der Waals surface area contributed by atoms with Crippen LogP contribution in [-0.2, 0) is 15.7 Å². The highest BCUT2D eigenvalue weighted by molar-refractivity contribution is 7.31. The monoisotopic (exact) mass is 315 g/mol. The Morgan fingerprint density at radius 2 is 2.25 bits per heavy atom. The van der Waals surface area contributed by atoms with E-state index in [2.05, 4.69) is 46.9 Å². The molecule has 1 aromatic rings. The zero-order valence-electron chi connectivity index (χ0n) is 8.41. The minimum Gasteiger partial charge on any atom is -0.450 e. The lowest BCUT2D eigenvalue weighted by atomic mass is 10.2. The van der Waals surface area contributed by atoms with Crippen LogP contribution >= 0.6 is 46.9 Å². The van der Waals surface area contributed by atoms with Crippen LogP contribution in [0.2, 0.25) is 0 Å². The molecule has 1 aromatic heterocycles. The van der Waals surface area contributed by atoms with Crippen LogP contribution in [0.5, 0.6) is 0 Å². The topological polar surface area (TPSA) is 47.4 Å².